The number of pyridine rings is 4. The molecule has 0 unspecified atom stereocenters. The monoisotopic (exact) mass is 1400 g/mol. The van der Waals surface area contributed by atoms with Crippen molar-refractivity contribution in [3.05, 3.63) is 217 Å². The van der Waals surface area contributed by atoms with E-state index in [0.717, 1.165) is 112 Å². The van der Waals surface area contributed by atoms with Gasteiger partial charge < -0.3 is 100 Å². The first-order valence-electron chi connectivity index (χ1n) is 24.2. The summed E-state index contributed by atoms with van der Waals surface area (Å²) in [6, 6.07) is 35.0. The third-order valence-corrected chi connectivity index (χ3v) is 8.63. The fraction of sp³-hybridized carbons (Fsp3) is 0.172. The molecule has 24 nitrogen and oxygen atoms in total. The molecule has 0 spiro atoms. The number of aliphatic hydroxyl groups is 2. The van der Waals surface area contributed by atoms with E-state index >= 15 is 0 Å². The number of carboxylic acids is 4. The molecule has 4 aromatic heterocycles. The van der Waals surface area contributed by atoms with Gasteiger partial charge in [0.2, 0.25) is 0 Å². The van der Waals surface area contributed by atoms with Gasteiger partial charge in [-0.05, 0) is 110 Å². The molecule has 2 radical (unpaired) electrons. The maximum atomic E-state index is 10.2. The van der Waals surface area contributed by atoms with Gasteiger partial charge in [0, 0.05) is 122 Å². The molecule has 2 fully saturated rings. The average Bonchev–Trinajstić information content (AvgIpc) is 4.33. The van der Waals surface area contributed by atoms with E-state index in [0.29, 0.717) is 0 Å². The standard InChI is InChI=1S/4C7H6O4.4C5H5N.2C4H8O2.2CH2Cl2.2Cu/c4*8-5-1-4(7(10)11)2-6(9)3-5;4*1-2-4-6-5-3-1;2*5-4-2-1-3-6-4;2*2-1-3;;/h4*1-3,8-9H,(H,10,11);4*1-5H;2*4-5H,1-3H2;2*1H2;;/q;;;;;;;;;;;;2*+2/p-4/t;;;;;;;;2*4-;;;;/m........10..../s1. The summed E-state index contributed by atoms with van der Waals surface area (Å²) in [6.07, 6.45) is 16.8. The first kappa shape index (κ1) is 86.2. The number of hydrogen-bond donors (Lipinski definition) is 10. The zero-order valence-corrected chi connectivity index (χ0v) is 50.7. The molecule has 0 amide bonds. The summed E-state index contributed by atoms with van der Waals surface area (Å²) < 4.78 is 9.42. The Hall–Kier alpha value is -8.20. The van der Waals surface area contributed by atoms with Crippen molar-refractivity contribution in [2.24, 2.45) is 0 Å². The number of aromatic nitrogens is 4. The normalized spacial score (nSPS) is 12.0. The zero-order chi connectivity index (χ0) is 64.9. The number of aromatic carboxylic acids is 4. The molecule has 2 atom stereocenters. The Balaban J connectivity index is -0.000000444. The van der Waals surface area contributed by atoms with Crippen molar-refractivity contribution in [1.29, 1.82) is 0 Å². The molecule has 0 aliphatic carbocycles. The summed E-state index contributed by atoms with van der Waals surface area (Å²) in [4.78, 5) is 55.8. The molecule has 2 aliphatic rings. The molecule has 10 N–H and O–H groups in total. The molecule has 88 heavy (non-hydrogen) atoms. The molecule has 2 aliphatic heterocycles. The number of benzene rings is 4. The van der Waals surface area contributed by atoms with E-state index in [4.69, 9.17) is 107 Å². The first-order valence-corrected chi connectivity index (χ1v) is 26.3. The minimum absolute atomic E-state index is 0. The van der Waals surface area contributed by atoms with Gasteiger partial charge in [0.25, 0.3) is 0 Å². The van der Waals surface area contributed by atoms with Crippen molar-refractivity contribution >= 4 is 70.3 Å². The first-order chi connectivity index (χ1) is 41.0. The number of carbonyl (C=O) groups excluding carboxylic acids is 4. The van der Waals surface area contributed by atoms with Gasteiger partial charge in [-0.3, -0.25) is 19.9 Å². The number of carboxylic acid groups (broad SMARTS) is 4. The molecule has 8 aromatic rings. The van der Waals surface area contributed by atoms with E-state index in [9.17, 15) is 39.6 Å². The summed E-state index contributed by atoms with van der Waals surface area (Å²) >= 11 is 19.1. The summed E-state index contributed by atoms with van der Waals surface area (Å²) in [6.45, 7) is 1.47. The third-order valence-electron chi connectivity index (χ3n) is 8.63. The van der Waals surface area contributed by atoms with E-state index < -0.39 is 36.5 Å². The van der Waals surface area contributed by atoms with Crippen molar-refractivity contribution in [3.8, 4) is 46.0 Å². The van der Waals surface area contributed by atoms with Crippen LogP contribution in [0.3, 0.4) is 0 Å². The Kier molecular flexibility index (Phi) is 55.5. The van der Waals surface area contributed by atoms with Crippen LogP contribution in [0.2, 0.25) is 0 Å². The summed E-state index contributed by atoms with van der Waals surface area (Å²) in [5.74, 6) is -8.15. The van der Waals surface area contributed by atoms with Crippen LogP contribution in [0.4, 0.5) is 0 Å². The topological polar surface area (TPSA) is 433 Å². The van der Waals surface area contributed by atoms with E-state index in [2.05, 4.69) is 19.9 Å². The molecule has 0 saturated carbocycles. The summed E-state index contributed by atoms with van der Waals surface area (Å²) in [7, 11) is 0. The molecule has 2 saturated heterocycles. The maximum Gasteiger partial charge on any atom is 2.00 e. The van der Waals surface area contributed by atoms with Gasteiger partial charge in [0.05, 0.1) is 34.6 Å². The number of phenols is 8. The van der Waals surface area contributed by atoms with Gasteiger partial charge in [0.15, 0.2) is 12.6 Å². The second-order valence-electron chi connectivity index (χ2n) is 15.3. The van der Waals surface area contributed by atoms with Crippen molar-refractivity contribution in [2.45, 2.75) is 38.3 Å². The van der Waals surface area contributed by atoms with Crippen LogP contribution in [0.1, 0.15) is 67.1 Å². The molecule has 6 heterocycles. The van der Waals surface area contributed by atoms with E-state index in [1.165, 1.54) is 0 Å². The molecule has 4 aromatic carbocycles. The van der Waals surface area contributed by atoms with Crippen molar-refractivity contribution < 1.29 is 134 Å². The predicted molar refractivity (Wildman–Crippen MR) is 309 cm³/mol. The molecular formula is C58H60Cl4Cu2N4O20. The van der Waals surface area contributed by atoms with Crippen LogP contribution in [-0.2, 0) is 43.6 Å². The summed E-state index contributed by atoms with van der Waals surface area (Å²) in [5.41, 5.74) is -0.991. The minimum Gasteiger partial charge on any atom is -0.545 e. The third kappa shape index (κ3) is 52.2. The Morgan fingerprint density at radius 3 is 0.580 bits per heavy atom. The number of aromatic hydroxyl groups is 8. The van der Waals surface area contributed by atoms with Gasteiger partial charge in [-0.2, -0.15) is 0 Å². The van der Waals surface area contributed by atoms with Gasteiger partial charge in [0.1, 0.15) is 46.0 Å². The van der Waals surface area contributed by atoms with E-state index in [-0.39, 0.29) is 113 Å². The average molecular weight is 1400 g/mol. The van der Waals surface area contributed by atoms with Crippen LogP contribution in [0.5, 0.6) is 46.0 Å². The van der Waals surface area contributed by atoms with Crippen molar-refractivity contribution in [2.75, 3.05) is 23.9 Å². The number of aliphatic hydroxyl groups excluding tert-OH is 2. The van der Waals surface area contributed by atoms with E-state index in [1.54, 1.807) is 49.6 Å². The smallest absolute Gasteiger partial charge is 0.545 e. The number of nitrogens with zero attached hydrogens (tertiary/aromatic N) is 4. The summed E-state index contributed by atoms with van der Waals surface area (Å²) in [5, 5.41) is 128. The number of rotatable bonds is 4. The molecular weight excluding hydrogens is 1340 g/mol. The number of alkyl halides is 4. The van der Waals surface area contributed by atoms with Crippen LogP contribution in [0.15, 0.2) is 195 Å². The predicted octanol–water partition coefficient (Wildman–Crippen LogP) is 5.24. The van der Waals surface area contributed by atoms with Crippen molar-refractivity contribution in [1.82, 2.24) is 19.9 Å². The fourth-order valence-corrected chi connectivity index (χ4v) is 5.22. The van der Waals surface area contributed by atoms with Crippen LogP contribution in [-0.4, -0.2) is 131 Å². The second-order valence-corrected chi connectivity index (χ2v) is 17.0. The largest absolute Gasteiger partial charge is 2.00 e. The van der Waals surface area contributed by atoms with Gasteiger partial charge >= 0.3 is 34.1 Å². The zero-order valence-electron chi connectivity index (χ0n) is 45.7. The van der Waals surface area contributed by atoms with Crippen LogP contribution in [0, 0.1) is 0 Å². The van der Waals surface area contributed by atoms with Crippen LogP contribution >= 0.6 is 46.4 Å². The Morgan fingerprint density at radius 1 is 0.352 bits per heavy atom. The van der Waals surface area contributed by atoms with Crippen molar-refractivity contribution in [3.63, 3.8) is 0 Å². The number of hydrogen-bond acceptors (Lipinski definition) is 24. The van der Waals surface area contributed by atoms with Crippen LogP contribution in [0.25, 0.3) is 0 Å². The minimum atomic E-state index is -1.43. The fourth-order valence-electron chi connectivity index (χ4n) is 5.22. The Morgan fingerprint density at radius 2 is 0.511 bits per heavy atom. The number of halogens is 4. The maximum absolute atomic E-state index is 10.2. The quantitative estimate of drug-likeness (QED) is 0.0795. The Bertz CT molecular complexity index is 2440. The van der Waals surface area contributed by atoms with Gasteiger partial charge in [-0.1, -0.05) is 24.3 Å². The van der Waals surface area contributed by atoms with Crippen LogP contribution < -0.4 is 20.4 Å². The molecule has 10 rings (SSSR count). The number of phenolic OH excluding ortho intramolecular Hbond substituents is 8. The second kappa shape index (κ2) is 56.6. The Labute approximate surface area is 546 Å². The SMILES string of the molecule is ClCCl.ClCCl.O=C([O-])c1cc(O)cc(O)c1.O=C([O-])c1cc(O)cc(O)c1.O=C([O-])c1cc(O)cc(O)c1.O=C([O-])c1cc(O)cc(O)c1.O[C@@H]1CCCO1.O[C@H]1CCCO1.[Cu+2].[Cu+2].c1ccncc1.c1ccncc1.c1ccncc1.c1ccncc1. The van der Waals surface area contributed by atoms with E-state index in [1.807, 2.05) is 72.8 Å². The molecule has 482 valence electrons. The number of ether oxygens (including phenoxy) is 2. The van der Waals surface area contributed by atoms with Gasteiger partial charge in [-0.25, -0.2) is 0 Å². The molecule has 30 heteroatoms. The van der Waals surface area contributed by atoms with Gasteiger partial charge in [-0.15, -0.1) is 46.4 Å². The molecule has 0 bridgehead atoms. The number of carbonyl (C=O) groups is 4.